The second-order valence-electron chi connectivity index (χ2n) is 5.87. The van der Waals surface area contributed by atoms with Gasteiger partial charge in [0.2, 0.25) is 7.29 Å². The molecule has 0 bridgehead atoms. The smallest absolute Gasteiger partial charge is 0.208 e. The van der Waals surface area contributed by atoms with E-state index in [-0.39, 0.29) is 12.1 Å². The van der Waals surface area contributed by atoms with Crippen LogP contribution in [0.3, 0.4) is 0 Å². The predicted molar refractivity (Wildman–Crippen MR) is 88.9 cm³/mol. The number of aliphatic hydroxyl groups excluding tert-OH is 1. The maximum absolute atomic E-state index is 14.1. The van der Waals surface area contributed by atoms with Gasteiger partial charge in [0.1, 0.15) is 0 Å². The molecule has 0 aromatic heterocycles. The fraction of sp³-hybridized carbons (Fsp3) is 0.222. The summed E-state index contributed by atoms with van der Waals surface area (Å²) >= 11 is 0. The van der Waals surface area contributed by atoms with Gasteiger partial charge in [-0.15, -0.1) is 0 Å². The molecule has 1 heterocycles. The van der Waals surface area contributed by atoms with Gasteiger partial charge < -0.3 is 5.11 Å². The average molecular weight is 311 g/mol. The molecule has 4 heteroatoms. The minimum absolute atomic E-state index is 0.172. The molecule has 112 valence electrons. The number of fused-ring (bicyclic) bond motifs is 1. The molecule has 1 N–H and O–H groups in total. The molecule has 2 aromatic rings. The topological polar surface area (TPSA) is 40.3 Å². The second kappa shape index (κ2) is 5.20. The first-order valence-electron chi connectivity index (χ1n) is 7.58. The summed E-state index contributed by atoms with van der Waals surface area (Å²) in [5.74, 6) is 0. The van der Waals surface area contributed by atoms with E-state index >= 15 is 0 Å². The summed E-state index contributed by atoms with van der Waals surface area (Å²) in [6.45, 7) is 0. The van der Waals surface area contributed by atoms with Crippen molar-refractivity contribution < 1.29 is 9.67 Å². The molecule has 1 fully saturated rings. The summed E-state index contributed by atoms with van der Waals surface area (Å²) in [4.78, 5) is 0. The molecule has 0 saturated carbocycles. The fourth-order valence-corrected chi connectivity index (χ4v) is 6.57. The van der Waals surface area contributed by atoms with Gasteiger partial charge in [-0.25, -0.2) is 4.67 Å². The molecule has 22 heavy (non-hydrogen) atoms. The molecule has 4 rings (SSSR count). The minimum Gasteiger partial charge on any atom is -0.389 e. The zero-order chi connectivity index (χ0) is 15.2. The monoisotopic (exact) mass is 311 g/mol. The number of hydrogen-bond donors (Lipinski definition) is 1. The van der Waals surface area contributed by atoms with Crippen LogP contribution >= 0.6 is 7.29 Å². The van der Waals surface area contributed by atoms with Gasteiger partial charge in [0, 0.05) is 16.7 Å². The highest BCUT2D eigenvalue weighted by Crippen LogP contribution is 2.60. The Kier molecular flexibility index (Phi) is 3.30. The number of nitrogens with zero attached hydrogens (tertiary/aromatic N) is 1. The molecule has 1 aliphatic carbocycles. The van der Waals surface area contributed by atoms with Gasteiger partial charge >= 0.3 is 0 Å². The van der Waals surface area contributed by atoms with Crippen LogP contribution in [0.2, 0.25) is 0 Å². The quantitative estimate of drug-likeness (QED) is 0.537. The molecule has 2 aromatic carbocycles. The first-order chi connectivity index (χ1) is 10.7. The van der Waals surface area contributed by atoms with Crippen LogP contribution in [0, 0.1) is 0 Å². The Labute approximate surface area is 130 Å². The Bertz CT molecular complexity index is 701. The van der Waals surface area contributed by atoms with Gasteiger partial charge in [0.25, 0.3) is 0 Å². The Balaban J connectivity index is 1.82. The Morgan fingerprint density at radius 3 is 1.95 bits per heavy atom. The lowest BCUT2D eigenvalue weighted by Gasteiger charge is -2.21. The van der Waals surface area contributed by atoms with Crippen molar-refractivity contribution in [3.8, 4) is 0 Å². The largest absolute Gasteiger partial charge is 0.389 e. The van der Waals surface area contributed by atoms with Crippen LogP contribution < -0.4 is 10.6 Å². The van der Waals surface area contributed by atoms with E-state index in [1.165, 1.54) is 0 Å². The molecular weight excluding hydrogens is 293 g/mol. The minimum atomic E-state index is -2.85. The summed E-state index contributed by atoms with van der Waals surface area (Å²) in [5.41, 5.74) is 0. The SMILES string of the molecule is O=P(c1ccccc1)(c1ccccc1)N1[C@@H]2C=C[C@@H](O)C[C@@H]21. The molecule has 4 atom stereocenters. The zero-order valence-electron chi connectivity index (χ0n) is 12.1. The third-order valence-corrected chi connectivity index (χ3v) is 7.71. The highest BCUT2D eigenvalue weighted by Gasteiger charge is 2.58. The summed E-state index contributed by atoms with van der Waals surface area (Å²) < 4.78 is 16.1. The van der Waals surface area contributed by atoms with E-state index in [1.54, 1.807) is 0 Å². The van der Waals surface area contributed by atoms with Gasteiger partial charge in [-0.2, -0.15) is 0 Å². The van der Waals surface area contributed by atoms with E-state index in [1.807, 2.05) is 72.8 Å². The van der Waals surface area contributed by atoms with Crippen molar-refractivity contribution in [2.75, 3.05) is 0 Å². The van der Waals surface area contributed by atoms with Gasteiger partial charge in [-0.1, -0.05) is 48.6 Å². The van der Waals surface area contributed by atoms with Crippen LogP contribution in [0.15, 0.2) is 72.8 Å². The first kappa shape index (κ1) is 14.0. The van der Waals surface area contributed by atoms with Crippen molar-refractivity contribution in [1.29, 1.82) is 0 Å². The average Bonchev–Trinajstić information content (AvgIpc) is 3.29. The maximum Gasteiger partial charge on any atom is 0.208 e. The lowest BCUT2D eigenvalue weighted by molar-refractivity contribution is 0.207. The summed E-state index contributed by atoms with van der Waals surface area (Å²) in [7, 11) is -2.85. The van der Waals surface area contributed by atoms with E-state index in [0.717, 1.165) is 10.6 Å². The van der Waals surface area contributed by atoms with Crippen molar-refractivity contribution in [2.24, 2.45) is 0 Å². The number of benzene rings is 2. The predicted octanol–water partition coefficient (Wildman–Crippen LogP) is 2.29. The van der Waals surface area contributed by atoms with E-state index < -0.39 is 13.4 Å². The van der Waals surface area contributed by atoms with Crippen LogP contribution in [0.25, 0.3) is 0 Å². The second-order valence-corrected chi connectivity index (χ2v) is 8.52. The molecule has 0 radical (unpaired) electrons. The van der Waals surface area contributed by atoms with Crippen molar-refractivity contribution in [1.82, 2.24) is 4.67 Å². The van der Waals surface area contributed by atoms with Crippen LogP contribution in [0.5, 0.6) is 0 Å². The van der Waals surface area contributed by atoms with Crippen molar-refractivity contribution in [3.05, 3.63) is 72.8 Å². The Morgan fingerprint density at radius 1 is 0.909 bits per heavy atom. The highest BCUT2D eigenvalue weighted by atomic mass is 31.2. The van der Waals surface area contributed by atoms with Crippen LogP contribution in [0.1, 0.15) is 6.42 Å². The summed E-state index contributed by atoms with van der Waals surface area (Å²) in [6, 6.07) is 19.7. The van der Waals surface area contributed by atoms with Gasteiger partial charge in [0.05, 0.1) is 12.1 Å². The van der Waals surface area contributed by atoms with E-state index in [0.29, 0.717) is 6.42 Å². The van der Waals surface area contributed by atoms with Gasteiger partial charge in [0.15, 0.2) is 0 Å². The fourth-order valence-electron chi connectivity index (χ4n) is 3.39. The Hall–Kier alpha value is -1.67. The van der Waals surface area contributed by atoms with E-state index in [2.05, 4.69) is 4.67 Å². The number of rotatable bonds is 3. The lowest BCUT2D eigenvalue weighted by Crippen LogP contribution is -2.23. The van der Waals surface area contributed by atoms with Crippen molar-refractivity contribution in [2.45, 2.75) is 24.6 Å². The zero-order valence-corrected chi connectivity index (χ0v) is 13.0. The third-order valence-electron chi connectivity index (χ3n) is 4.50. The molecule has 1 saturated heterocycles. The number of aliphatic hydroxyl groups is 1. The van der Waals surface area contributed by atoms with E-state index in [4.69, 9.17) is 0 Å². The number of hydrogen-bond acceptors (Lipinski definition) is 2. The molecule has 3 nitrogen and oxygen atoms in total. The van der Waals surface area contributed by atoms with Crippen molar-refractivity contribution >= 4 is 17.9 Å². The van der Waals surface area contributed by atoms with Gasteiger partial charge in [-0.3, -0.25) is 4.57 Å². The molecule has 0 spiro atoms. The molecule has 1 unspecified atom stereocenters. The normalized spacial score (nSPS) is 29.9. The van der Waals surface area contributed by atoms with Gasteiger partial charge in [-0.05, 0) is 30.7 Å². The standard InChI is InChI=1S/C18H18NO2P/c20-14-11-12-17-18(13-14)19(17)22(21,15-7-3-1-4-8-15)16-9-5-2-6-10-16/h1-12,14,17-18,20H,13H2/t14-,17-,18+,19?/m1/s1. The molecule has 1 aliphatic heterocycles. The van der Waals surface area contributed by atoms with Crippen LogP contribution in [-0.4, -0.2) is 28.0 Å². The van der Waals surface area contributed by atoms with Crippen LogP contribution in [-0.2, 0) is 4.57 Å². The third kappa shape index (κ3) is 2.09. The summed E-state index contributed by atoms with van der Waals surface area (Å²) in [6.07, 6.45) is 4.05. The Morgan fingerprint density at radius 2 is 1.45 bits per heavy atom. The molecular formula is C18H18NO2P. The van der Waals surface area contributed by atoms with Crippen molar-refractivity contribution in [3.63, 3.8) is 0 Å². The summed E-state index contributed by atoms with van der Waals surface area (Å²) in [5, 5.41) is 11.5. The molecule has 0 amide bonds. The van der Waals surface area contributed by atoms with E-state index in [9.17, 15) is 9.67 Å². The highest BCUT2D eigenvalue weighted by molar-refractivity contribution is 7.76. The first-order valence-corrected chi connectivity index (χ1v) is 9.24. The lowest BCUT2D eigenvalue weighted by atomic mass is 10.1. The van der Waals surface area contributed by atoms with Crippen LogP contribution in [0.4, 0.5) is 0 Å². The maximum atomic E-state index is 14.1. The molecule has 2 aliphatic rings.